The van der Waals surface area contributed by atoms with Crippen molar-refractivity contribution in [2.45, 2.75) is 6.10 Å². The Bertz CT molecular complexity index is 645. The van der Waals surface area contributed by atoms with E-state index in [2.05, 4.69) is 15.9 Å². The largest absolute Gasteiger partial charge is 0.486 e. The van der Waals surface area contributed by atoms with Gasteiger partial charge in [-0.15, -0.1) is 0 Å². The molecule has 0 amide bonds. The summed E-state index contributed by atoms with van der Waals surface area (Å²) in [6, 6.07) is 10.9. The number of aliphatic hydroxyl groups is 1. The van der Waals surface area contributed by atoms with Gasteiger partial charge in [-0.2, -0.15) is 0 Å². The number of rotatable bonds is 2. The Kier molecular flexibility index (Phi) is 3.87. The quantitative estimate of drug-likeness (QED) is 0.886. The van der Waals surface area contributed by atoms with Crippen LogP contribution >= 0.6 is 27.5 Å². The number of hydrogen-bond acceptors (Lipinski definition) is 3. The first-order chi connectivity index (χ1) is 9.66. The molecule has 1 heterocycles. The zero-order chi connectivity index (χ0) is 14.1. The predicted octanol–water partition coefficient (Wildman–Crippen LogP) is 3.96. The second-order valence-corrected chi connectivity index (χ2v) is 5.70. The Morgan fingerprint density at radius 1 is 1.05 bits per heavy atom. The molecule has 104 valence electrons. The van der Waals surface area contributed by atoms with Crippen molar-refractivity contribution in [3.05, 3.63) is 57.0 Å². The summed E-state index contributed by atoms with van der Waals surface area (Å²) in [6.07, 6.45) is -0.825. The van der Waals surface area contributed by atoms with E-state index in [1.165, 1.54) is 0 Å². The lowest BCUT2D eigenvalue weighted by Gasteiger charge is -2.22. The van der Waals surface area contributed by atoms with E-state index in [1.54, 1.807) is 12.1 Å². The van der Waals surface area contributed by atoms with Crippen LogP contribution in [0.2, 0.25) is 5.02 Å². The number of aliphatic hydroxyl groups excluding tert-OH is 1. The summed E-state index contributed by atoms with van der Waals surface area (Å²) in [5, 5.41) is 11.0. The van der Waals surface area contributed by atoms with Crippen molar-refractivity contribution in [1.82, 2.24) is 0 Å². The molecule has 1 unspecified atom stereocenters. The molecule has 1 atom stereocenters. The SMILES string of the molecule is OC(c1cc2c(cc1Cl)OCCO2)c1ccccc1Br. The Hall–Kier alpha value is -1.23. The third-order valence-electron chi connectivity index (χ3n) is 3.16. The number of ether oxygens (including phenoxy) is 2. The minimum Gasteiger partial charge on any atom is -0.486 e. The second-order valence-electron chi connectivity index (χ2n) is 4.44. The van der Waals surface area contributed by atoms with Gasteiger partial charge in [-0.25, -0.2) is 0 Å². The van der Waals surface area contributed by atoms with Crippen LogP contribution in [0, 0.1) is 0 Å². The predicted molar refractivity (Wildman–Crippen MR) is 80.6 cm³/mol. The normalized spacial score (nSPS) is 14.9. The summed E-state index contributed by atoms with van der Waals surface area (Å²) >= 11 is 9.68. The molecule has 1 N–H and O–H groups in total. The standard InChI is InChI=1S/C15H12BrClO3/c16-11-4-2-1-3-9(11)15(18)10-7-13-14(8-12(10)17)20-6-5-19-13/h1-4,7-8,15,18H,5-6H2. The zero-order valence-corrected chi connectivity index (χ0v) is 12.8. The van der Waals surface area contributed by atoms with Gasteiger partial charge in [0.05, 0.1) is 5.02 Å². The summed E-state index contributed by atoms with van der Waals surface area (Å²) in [7, 11) is 0. The van der Waals surface area contributed by atoms with Crippen LogP contribution in [0.25, 0.3) is 0 Å². The van der Waals surface area contributed by atoms with Crippen LogP contribution in [0.1, 0.15) is 17.2 Å². The lowest BCUT2D eigenvalue weighted by Crippen LogP contribution is -2.16. The van der Waals surface area contributed by atoms with Crippen LogP contribution in [-0.2, 0) is 0 Å². The lowest BCUT2D eigenvalue weighted by atomic mass is 10.0. The lowest BCUT2D eigenvalue weighted by molar-refractivity contribution is 0.169. The number of fused-ring (bicyclic) bond motifs is 1. The second kappa shape index (κ2) is 5.64. The maximum atomic E-state index is 10.5. The van der Waals surface area contributed by atoms with Crippen molar-refractivity contribution in [2.24, 2.45) is 0 Å². The van der Waals surface area contributed by atoms with Gasteiger partial charge in [0.15, 0.2) is 11.5 Å². The number of hydrogen-bond donors (Lipinski definition) is 1. The highest BCUT2D eigenvalue weighted by atomic mass is 79.9. The smallest absolute Gasteiger partial charge is 0.162 e. The van der Waals surface area contributed by atoms with Crippen LogP contribution in [-0.4, -0.2) is 18.3 Å². The topological polar surface area (TPSA) is 38.7 Å². The molecule has 1 aliphatic rings. The summed E-state index contributed by atoms with van der Waals surface area (Å²) in [5.41, 5.74) is 1.36. The van der Waals surface area contributed by atoms with Gasteiger partial charge in [-0.3, -0.25) is 0 Å². The average Bonchev–Trinajstić information content (AvgIpc) is 2.46. The first-order valence-electron chi connectivity index (χ1n) is 6.18. The fourth-order valence-electron chi connectivity index (χ4n) is 2.15. The van der Waals surface area contributed by atoms with Gasteiger partial charge < -0.3 is 14.6 Å². The molecule has 0 fully saturated rings. The van der Waals surface area contributed by atoms with Crippen LogP contribution in [0.4, 0.5) is 0 Å². The summed E-state index contributed by atoms with van der Waals surface area (Å²) < 4.78 is 11.8. The van der Waals surface area contributed by atoms with Gasteiger partial charge in [0, 0.05) is 16.1 Å². The monoisotopic (exact) mass is 354 g/mol. The molecule has 0 saturated carbocycles. The molecule has 5 heteroatoms. The Balaban J connectivity index is 2.03. The Labute approximate surface area is 130 Å². The fourth-order valence-corrected chi connectivity index (χ4v) is 2.91. The molecule has 1 aliphatic heterocycles. The highest BCUT2D eigenvalue weighted by Gasteiger charge is 2.21. The van der Waals surface area contributed by atoms with Gasteiger partial charge in [-0.1, -0.05) is 45.7 Å². The van der Waals surface area contributed by atoms with Gasteiger partial charge in [0.1, 0.15) is 19.3 Å². The molecule has 20 heavy (non-hydrogen) atoms. The molecule has 0 saturated heterocycles. The van der Waals surface area contributed by atoms with Crippen LogP contribution in [0.15, 0.2) is 40.9 Å². The average molecular weight is 356 g/mol. The minimum atomic E-state index is -0.825. The molecule has 0 radical (unpaired) electrons. The third kappa shape index (κ3) is 2.51. The molecular weight excluding hydrogens is 344 g/mol. The van der Waals surface area contributed by atoms with Crippen LogP contribution < -0.4 is 9.47 Å². The molecule has 3 rings (SSSR count). The van der Waals surface area contributed by atoms with E-state index in [9.17, 15) is 5.11 Å². The molecule has 0 bridgehead atoms. The highest BCUT2D eigenvalue weighted by Crippen LogP contribution is 2.40. The molecule has 0 aliphatic carbocycles. The van der Waals surface area contributed by atoms with Gasteiger partial charge >= 0.3 is 0 Å². The molecule has 3 nitrogen and oxygen atoms in total. The van der Waals surface area contributed by atoms with E-state index >= 15 is 0 Å². The van der Waals surface area contributed by atoms with Gasteiger partial charge in [0.25, 0.3) is 0 Å². The van der Waals surface area contributed by atoms with E-state index in [-0.39, 0.29) is 0 Å². The van der Waals surface area contributed by atoms with Crippen LogP contribution in [0.5, 0.6) is 11.5 Å². The van der Waals surface area contributed by atoms with E-state index in [1.807, 2.05) is 24.3 Å². The van der Waals surface area contributed by atoms with Crippen molar-refractivity contribution in [3.63, 3.8) is 0 Å². The van der Waals surface area contributed by atoms with Gasteiger partial charge in [-0.05, 0) is 17.7 Å². The van der Waals surface area contributed by atoms with E-state index < -0.39 is 6.10 Å². The van der Waals surface area contributed by atoms with E-state index in [0.29, 0.717) is 35.3 Å². The summed E-state index contributed by atoms with van der Waals surface area (Å²) in [6.45, 7) is 1.01. The maximum Gasteiger partial charge on any atom is 0.162 e. The first kappa shape index (κ1) is 13.7. The van der Waals surface area contributed by atoms with Crippen molar-refractivity contribution in [2.75, 3.05) is 13.2 Å². The molecule has 2 aromatic carbocycles. The first-order valence-corrected chi connectivity index (χ1v) is 7.35. The van der Waals surface area contributed by atoms with Gasteiger partial charge in [0.2, 0.25) is 0 Å². The summed E-state index contributed by atoms with van der Waals surface area (Å²) in [5.74, 6) is 1.23. The number of benzene rings is 2. The van der Waals surface area contributed by atoms with Crippen molar-refractivity contribution < 1.29 is 14.6 Å². The minimum absolute atomic E-state index is 0.456. The van der Waals surface area contributed by atoms with E-state index in [4.69, 9.17) is 21.1 Å². The molecule has 2 aromatic rings. The molecular formula is C15H12BrClO3. The van der Waals surface area contributed by atoms with Crippen molar-refractivity contribution in [1.29, 1.82) is 0 Å². The number of halogens is 2. The van der Waals surface area contributed by atoms with Crippen molar-refractivity contribution >= 4 is 27.5 Å². The maximum absolute atomic E-state index is 10.5. The van der Waals surface area contributed by atoms with Crippen LogP contribution in [0.3, 0.4) is 0 Å². The van der Waals surface area contributed by atoms with Crippen molar-refractivity contribution in [3.8, 4) is 11.5 Å². The molecule has 0 spiro atoms. The summed E-state index contributed by atoms with van der Waals surface area (Å²) in [4.78, 5) is 0. The van der Waals surface area contributed by atoms with E-state index in [0.717, 1.165) is 10.0 Å². The Morgan fingerprint density at radius 3 is 2.40 bits per heavy atom. The molecule has 0 aromatic heterocycles. The highest BCUT2D eigenvalue weighted by molar-refractivity contribution is 9.10. The zero-order valence-electron chi connectivity index (χ0n) is 10.5. The third-order valence-corrected chi connectivity index (χ3v) is 4.21. The Morgan fingerprint density at radius 2 is 1.70 bits per heavy atom. The fraction of sp³-hybridized carbons (Fsp3) is 0.200.